The van der Waals surface area contributed by atoms with Crippen molar-refractivity contribution in [2.24, 2.45) is 0 Å². The highest BCUT2D eigenvalue weighted by atomic mass is 35.5. The first-order valence-electron chi connectivity index (χ1n) is 10.6. The van der Waals surface area contributed by atoms with E-state index in [1.54, 1.807) is 5.01 Å². The fraction of sp³-hybridized carbons (Fsp3) is 0.154. The lowest BCUT2D eigenvalue weighted by Gasteiger charge is -2.20. The minimum Gasteiger partial charge on any atom is -0.340 e. The van der Waals surface area contributed by atoms with Gasteiger partial charge in [-0.25, -0.2) is 0 Å². The molecule has 1 aliphatic heterocycles. The van der Waals surface area contributed by atoms with E-state index < -0.39 is 0 Å². The predicted molar refractivity (Wildman–Crippen MR) is 143 cm³/mol. The zero-order valence-electron chi connectivity index (χ0n) is 18.5. The molecule has 1 fully saturated rings. The lowest BCUT2D eigenvalue weighted by molar-refractivity contribution is -0.114. The molecule has 0 saturated carbocycles. The topological polar surface area (TPSA) is 30.2 Å². The molecule has 4 aromatic rings. The summed E-state index contributed by atoms with van der Waals surface area (Å²) in [7, 11) is 0. The number of para-hydroxylation sites is 1. The lowest BCUT2D eigenvalue weighted by atomic mass is 10.1. The molecule has 2 aromatic heterocycles. The smallest absolute Gasteiger partial charge is 0.285 e. The molecule has 7 heteroatoms. The van der Waals surface area contributed by atoms with Crippen molar-refractivity contribution in [3.8, 4) is 0 Å². The van der Waals surface area contributed by atoms with E-state index in [1.165, 1.54) is 11.8 Å². The maximum absolute atomic E-state index is 13.4. The van der Waals surface area contributed by atoms with E-state index in [1.807, 2.05) is 73.1 Å². The third-order valence-corrected chi connectivity index (χ3v) is 7.70. The van der Waals surface area contributed by atoms with E-state index in [0.717, 1.165) is 44.1 Å². The molecule has 0 aliphatic carbocycles. The fourth-order valence-corrected chi connectivity index (χ4v) is 5.80. The summed E-state index contributed by atoms with van der Waals surface area (Å²) in [5, 5.41) is 3.43. The monoisotopic (exact) mass is 491 g/mol. The maximum Gasteiger partial charge on any atom is 0.285 e. The predicted octanol–water partition coefficient (Wildman–Crippen LogP) is 6.61. The number of carbonyl (C=O) groups is 1. The number of nitrogens with zero attached hydrogens (tertiary/aromatic N) is 3. The Kier molecular flexibility index (Phi) is 5.69. The minimum atomic E-state index is -0.102. The molecule has 1 amide bonds. The molecule has 5 rings (SSSR count). The van der Waals surface area contributed by atoms with Gasteiger partial charge in [-0.05, 0) is 68.9 Å². The molecule has 33 heavy (non-hydrogen) atoms. The number of benzene rings is 2. The van der Waals surface area contributed by atoms with Crippen LogP contribution in [-0.4, -0.2) is 19.5 Å². The number of thiocarbonyl (C=S) groups is 1. The van der Waals surface area contributed by atoms with Crippen molar-refractivity contribution in [3.63, 3.8) is 0 Å². The standard InChI is InChI=1S/C26H22ClN3OS2/c1-16-12-13-17(2)29(16)30-25(31)24(33-26(30)32)14-21-18(3)28(23-11-7-5-9-20(21)23)15-19-8-4-6-10-22(19)27/h4-14H,15H2,1-3H3/b24-14-. The summed E-state index contributed by atoms with van der Waals surface area (Å²) in [5.41, 5.74) is 6.21. The normalized spacial score (nSPS) is 15.4. The molecule has 0 unspecified atom stereocenters. The Balaban J connectivity index is 1.60. The summed E-state index contributed by atoms with van der Waals surface area (Å²) in [6.07, 6.45) is 1.98. The van der Waals surface area contributed by atoms with Gasteiger partial charge in [0.15, 0.2) is 4.32 Å². The van der Waals surface area contributed by atoms with Crippen LogP contribution in [0.15, 0.2) is 65.6 Å². The molecule has 4 nitrogen and oxygen atoms in total. The van der Waals surface area contributed by atoms with Crippen LogP contribution in [0.5, 0.6) is 0 Å². The van der Waals surface area contributed by atoms with Crippen LogP contribution in [0.4, 0.5) is 0 Å². The van der Waals surface area contributed by atoms with Crippen LogP contribution in [-0.2, 0) is 11.3 Å². The molecule has 1 saturated heterocycles. The van der Waals surface area contributed by atoms with Gasteiger partial charge in [0.1, 0.15) is 0 Å². The SMILES string of the molecule is Cc1ccc(C)n1N1C(=O)/C(=C/c2c(C)n(Cc3ccccc3Cl)c3ccccc23)SC1=S. The summed E-state index contributed by atoms with van der Waals surface area (Å²) in [6, 6.07) is 20.1. The third-order valence-electron chi connectivity index (χ3n) is 6.05. The average molecular weight is 492 g/mol. The molecule has 1 aliphatic rings. The third kappa shape index (κ3) is 3.72. The van der Waals surface area contributed by atoms with E-state index in [2.05, 4.69) is 23.6 Å². The molecule has 0 radical (unpaired) electrons. The van der Waals surface area contributed by atoms with Gasteiger partial charge in [-0.3, -0.25) is 9.47 Å². The van der Waals surface area contributed by atoms with Gasteiger partial charge in [0.05, 0.1) is 4.91 Å². The van der Waals surface area contributed by atoms with Gasteiger partial charge < -0.3 is 4.57 Å². The number of thioether (sulfide) groups is 1. The number of carbonyl (C=O) groups excluding carboxylic acids is 1. The number of fused-ring (bicyclic) bond motifs is 1. The van der Waals surface area contributed by atoms with E-state index >= 15 is 0 Å². The summed E-state index contributed by atoms with van der Waals surface area (Å²) >= 11 is 13.4. The second-order valence-electron chi connectivity index (χ2n) is 8.12. The average Bonchev–Trinajstić information content (AvgIpc) is 3.36. The van der Waals surface area contributed by atoms with Crippen molar-refractivity contribution in [1.29, 1.82) is 0 Å². The zero-order valence-corrected chi connectivity index (χ0v) is 20.9. The van der Waals surface area contributed by atoms with E-state index in [4.69, 9.17) is 23.8 Å². The van der Waals surface area contributed by atoms with E-state index in [0.29, 0.717) is 15.8 Å². The van der Waals surface area contributed by atoms with Crippen LogP contribution in [0.25, 0.3) is 17.0 Å². The molecule has 0 N–H and O–H groups in total. The molecule has 0 atom stereocenters. The Hall–Kier alpha value is -2.80. The Morgan fingerprint density at radius 1 is 0.970 bits per heavy atom. The number of hydrogen-bond acceptors (Lipinski definition) is 3. The molecular weight excluding hydrogens is 470 g/mol. The Labute approximate surface area is 207 Å². The van der Waals surface area contributed by atoms with E-state index in [9.17, 15) is 4.79 Å². The van der Waals surface area contributed by atoms with Gasteiger partial charge in [0.25, 0.3) is 5.91 Å². The van der Waals surface area contributed by atoms with Gasteiger partial charge in [-0.15, -0.1) is 0 Å². The van der Waals surface area contributed by atoms with Crippen LogP contribution in [0.2, 0.25) is 5.02 Å². The fourth-order valence-electron chi connectivity index (χ4n) is 4.38. The second kappa shape index (κ2) is 8.52. The first kappa shape index (κ1) is 22.0. The quantitative estimate of drug-likeness (QED) is 0.238. The molecule has 2 aromatic carbocycles. The molecule has 166 valence electrons. The molecular formula is C26H22ClN3OS2. The van der Waals surface area contributed by atoms with Crippen molar-refractivity contribution in [2.75, 3.05) is 5.01 Å². The molecule has 0 spiro atoms. The first-order chi connectivity index (χ1) is 15.9. The highest BCUT2D eigenvalue weighted by Crippen LogP contribution is 2.36. The molecule has 0 bridgehead atoms. The summed E-state index contributed by atoms with van der Waals surface area (Å²) in [6.45, 7) is 6.69. The Bertz CT molecular complexity index is 1440. The number of rotatable bonds is 4. The largest absolute Gasteiger partial charge is 0.340 e. The molecule has 3 heterocycles. The van der Waals surface area contributed by atoms with Crippen molar-refractivity contribution in [1.82, 2.24) is 9.24 Å². The van der Waals surface area contributed by atoms with Gasteiger partial charge >= 0.3 is 0 Å². The van der Waals surface area contributed by atoms with Crippen LogP contribution >= 0.6 is 35.6 Å². The van der Waals surface area contributed by atoms with Gasteiger partial charge in [0.2, 0.25) is 0 Å². The number of aryl methyl sites for hydroxylation is 2. The van der Waals surface area contributed by atoms with Crippen LogP contribution in [0, 0.1) is 20.8 Å². The van der Waals surface area contributed by atoms with Crippen molar-refractivity contribution < 1.29 is 4.79 Å². The van der Waals surface area contributed by atoms with Gasteiger partial charge in [-0.2, -0.15) is 5.01 Å². The summed E-state index contributed by atoms with van der Waals surface area (Å²) in [4.78, 5) is 14.0. The maximum atomic E-state index is 13.4. The van der Waals surface area contributed by atoms with Crippen LogP contribution < -0.4 is 5.01 Å². The first-order valence-corrected chi connectivity index (χ1v) is 12.2. The van der Waals surface area contributed by atoms with Crippen LogP contribution in [0.3, 0.4) is 0 Å². The minimum absolute atomic E-state index is 0.102. The number of hydrogen-bond donors (Lipinski definition) is 0. The van der Waals surface area contributed by atoms with Gasteiger partial charge in [-0.1, -0.05) is 59.8 Å². The van der Waals surface area contributed by atoms with Crippen LogP contribution in [0.1, 0.15) is 28.2 Å². The Morgan fingerprint density at radius 3 is 2.36 bits per heavy atom. The number of halogens is 1. The highest BCUT2D eigenvalue weighted by molar-refractivity contribution is 8.27. The summed E-state index contributed by atoms with van der Waals surface area (Å²) in [5.74, 6) is -0.102. The zero-order chi connectivity index (χ0) is 23.3. The highest BCUT2D eigenvalue weighted by Gasteiger charge is 2.35. The number of amides is 1. The van der Waals surface area contributed by atoms with Gasteiger partial charge in [0, 0.05) is 45.1 Å². The second-order valence-corrected chi connectivity index (χ2v) is 10.2. The van der Waals surface area contributed by atoms with E-state index in [-0.39, 0.29) is 5.91 Å². The lowest BCUT2D eigenvalue weighted by Crippen LogP contribution is -2.39. The van der Waals surface area contributed by atoms with Crippen molar-refractivity contribution >= 4 is 62.8 Å². The number of aromatic nitrogens is 2. The van der Waals surface area contributed by atoms with Crippen molar-refractivity contribution in [2.45, 2.75) is 27.3 Å². The Morgan fingerprint density at radius 2 is 1.64 bits per heavy atom. The van der Waals surface area contributed by atoms with Crippen molar-refractivity contribution in [3.05, 3.63) is 98.8 Å². The summed E-state index contributed by atoms with van der Waals surface area (Å²) < 4.78 is 4.67.